The van der Waals surface area contributed by atoms with E-state index >= 15 is 0 Å². The average Bonchev–Trinajstić information content (AvgIpc) is 3.43. The molecule has 0 radical (unpaired) electrons. The topological polar surface area (TPSA) is 126 Å². The van der Waals surface area contributed by atoms with E-state index in [2.05, 4.69) is 4.98 Å². The van der Waals surface area contributed by atoms with Crippen LogP contribution in [0.25, 0.3) is 0 Å². The first-order chi connectivity index (χ1) is 15.8. The molecule has 174 valence electrons. The van der Waals surface area contributed by atoms with Crippen LogP contribution in [-0.2, 0) is 21.8 Å². The van der Waals surface area contributed by atoms with Gasteiger partial charge < -0.3 is 24.0 Å². The zero-order chi connectivity index (χ0) is 23.8. The third-order valence-electron chi connectivity index (χ3n) is 4.60. The van der Waals surface area contributed by atoms with Crippen molar-refractivity contribution in [1.82, 2.24) is 9.55 Å². The molecule has 10 nitrogen and oxygen atoms in total. The van der Waals surface area contributed by atoms with Crippen molar-refractivity contribution in [3.8, 4) is 5.75 Å². The molecule has 33 heavy (non-hydrogen) atoms. The van der Waals surface area contributed by atoms with Gasteiger partial charge in [-0.25, -0.2) is 4.98 Å². The first kappa shape index (κ1) is 24.5. The minimum atomic E-state index is -1.50. The second kappa shape index (κ2) is 11.1. The van der Waals surface area contributed by atoms with Crippen LogP contribution in [-0.4, -0.2) is 45.4 Å². The van der Waals surface area contributed by atoms with Crippen molar-refractivity contribution in [1.29, 1.82) is 0 Å². The second-order valence-electron chi connectivity index (χ2n) is 6.90. The van der Waals surface area contributed by atoms with Gasteiger partial charge in [0.25, 0.3) is 5.09 Å². The predicted molar refractivity (Wildman–Crippen MR) is 117 cm³/mol. The maximum atomic E-state index is 10.8. The van der Waals surface area contributed by atoms with Crippen molar-refractivity contribution in [2.45, 2.75) is 18.4 Å². The van der Waals surface area contributed by atoms with Crippen molar-refractivity contribution in [2.75, 3.05) is 13.2 Å². The lowest BCUT2D eigenvalue weighted by Crippen LogP contribution is -2.34. The maximum Gasteiger partial charge on any atom is 0.291 e. The molecule has 0 saturated carbocycles. The summed E-state index contributed by atoms with van der Waals surface area (Å²) in [7, 11) is 0. The first-order valence-electron chi connectivity index (χ1n) is 9.55. The number of aldehydes is 1. The van der Waals surface area contributed by atoms with E-state index in [0.717, 1.165) is 6.29 Å². The van der Waals surface area contributed by atoms with Crippen molar-refractivity contribution >= 4 is 29.5 Å². The molecule has 1 N–H and O–H groups in total. The fourth-order valence-corrected chi connectivity index (χ4v) is 3.76. The van der Waals surface area contributed by atoms with Gasteiger partial charge in [-0.15, -0.1) is 10.1 Å². The fraction of sp³-hybridized carbons (Fsp3) is 0.238. The van der Waals surface area contributed by atoms with Crippen LogP contribution in [0.5, 0.6) is 5.75 Å². The lowest BCUT2D eigenvalue weighted by Gasteiger charge is -2.30. The Balaban J connectivity index is 0.000000709. The van der Waals surface area contributed by atoms with E-state index in [1.165, 1.54) is 0 Å². The summed E-state index contributed by atoms with van der Waals surface area (Å²) in [4.78, 5) is 23.2. The van der Waals surface area contributed by atoms with Gasteiger partial charge in [0.2, 0.25) is 5.79 Å². The number of rotatable bonds is 7. The molecule has 4 rings (SSSR count). The molecule has 0 aliphatic carbocycles. The van der Waals surface area contributed by atoms with Crippen LogP contribution >= 0.6 is 23.2 Å². The highest BCUT2D eigenvalue weighted by atomic mass is 35.5. The van der Waals surface area contributed by atoms with Crippen molar-refractivity contribution in [3.63, 3.8) is 0 Å². The van der Waals surface area contributed by atoms with Crippen molar-refractivity contribution < 1.29 is 29.3 Å². The Bertz CT molecular complexity index is 1080. The predicted octanol–water partition coefficient (Wildman–Crippen LogP) is 4.00. The van der Waals surface area contributed by atoms with E-state index in [0.29, 0.717) is 40.1 Å². The van der Waals surface area contributed by atoms with Crippen LogP contribution in [0.3, 0.4) is 0 Å². The molecule has 2 unspecified atom stereocenters. The van der Waals surface area contributed by atoms with Gasteiger partial charge >= 0.3 is 0 Å². The van der Waals surface area contributed by atoms with Crippen LogP contribution in [0.15, 0.2) is 61.2 Å². The molecule has 0 amide bonds. The highest BCUT2D eigenvalue weighted by molar-refractivity contribution is 6.35. The normalized spacial score (nSPS) is 19.4. The molecule has 3 aromatic rings. The number of halogens is 2. The molecule has 0 bridgehead atoms. The summed E-state index contributed by atoms with van der Waals surface area (Å²) < 4.78 is 20.1. The number of hydrogen-bond acceptors (Lipinski definition) is 7. The number of carbonyl (C=O) groups excluding carboxylic acids is 1. The molecule has 2 heterocycles. The first-order valence-corrected chi connectivity index (χ1v) is 10.3. The summed E-state index contributed by atoms with van der Waals surface area (Å²) in [5.74, 6) is -0.437. The molecule has 1 aliphatic rings. The SMILES string of the molecule is O=Cc1ccc(OCC2COC(Cn3ccnc3)(c3ccc(Cl)cc3Cl)O2)cc1.O=[N+]([O-])O. The summed E-state index contributed by atoms with van der Waals surface area (Å²) in [6.45, 7) is 0.996. The fourth-order valence-electron chi connectivity index (χ4n) is 3.21. The van der Waals surface area contributed by atoms with Crippen LogP contribution < -0.4 is 4.74 Å². The number of hydrogen-bond donors (Lipinski definition) is 1. The van der Waals surface area contributed by atoms with Gasteiger partial charge in [-0.2, -0.15) is 0 Å². The number of carbonyl (C=O) groups is 1. The van der Waals surface area contributed by atoms with Crippen LogP contribution in [0.1, 0.15) is 15.9 Å². The van der Waals surface area contributed by atoms with Crippen LogP contribution in [0, 0.1) is 10.1 Å². The number of ether oxygens (including phenoxy) is 3. The quantitative estimate of drug-likeness (QED) is 0.296. The van der Waals surface area contributed by atoms with E-state index in [1.807, 2.05) is 16.8 Å². The van der Waals surface area contributed by atoms with E-state index in [9.17, 15) is 4.79 Å². The molecule has 1 aliphatic heterocycles. The monoisotopic (exact) mass is 495 g/mol. The second-order valence-corrected chi connectivity index (χ2v) is 7.74. The Morgan fingerprint density at radius 1 is 1.30 bits per heavy atom. The Kier molecular flexibility index (Phi) is 8.23. The van der Waals surface area contributed by atoms with E-state index in [1.54, 1.807) is 48.9 Å². The Morgan fingerprint density at radius 3 is 2.64 bits per heavy atom. The zero-order valence-corrected chi connectivity index (χ0v) is 18.6. The summed E-state index contributed by atoms with van der Waals surface area (Å²) in [6, 6.07) is 12.1. The molecule has 2 atom stereocenters. The number of imidazole rings is 1. The smallest absolute Gasteiger partial charge is 0.291 e. The number of benzene rings is 2. The zero-order valence-electron chi connectivity index (χ0n) is 17.0. The summed E-state index contributed by atoms with van der Waals surface area (Å²) >= 11 is 12.5. The van der Waals surface area contributed by atoms with Gasteiger partial charge in [0.1, 0.15) is 24.7 Å². The third-order valence-corrected chi connectivity index (χ3v) is 5.15. The van der Waals surface area contributed by atoms with Crippen LogP contribution in [0.4, 0.5) is 0 Å². The van der Waals surface area contributed by atoms with Gasteiger partial charge in [0.15, 0.2) is 0 Å². The molecule has 1 fully saturated rings. The molecular formula is C21H19Cl2N3O7. The van der Waals surface area contributed by atoms with Crippen molar-refractivity contribution in [3.05, 3.63) is 92.5 Å². The Morgan fingerprint density at radius 2 is 2.03 bits per heavy atom. The highest BCUT2D eigenvalue weighted by Crippen LogP contribution is 2.40. The van der Waals surface area contributed by atoms with Crippen molar-refractivity contribution in [2.24, 2.45) is 0 Å². The number of aromatic nitrogens is 2. The molecular weight excluding hydrogens is 477 g/mol. The Hall–Kier alpha value is -3.18. The number of nitrogens with zero attached hydrogens (tertiary/aromatic N) is 3. The van der Waals surface area contributed by atoms with E-state index < -0.39 is 10.9 Å². The summed E-state index contributed by atoms with van der Waals surface area (Å²) in [5, 5.41) is 14.6. The van der Waals surface area contributed by atoms with Gasteiger partial charge in [-0.1, -0.05) is 29.3 Å². The molecule has 0 spiro atoms. The molecule has 12 heteroatoms. The lowest BCUT2D eigenvalue weighted by molar-refractivity contribution is -0.742. The third kappa shape index (κ3) is 6.65. The largest absolute Gasteiger partial charge is 0.491 e. The van der Waals surface area contributed by atoms with Gasteiger partial charge in [-0.05, 0) is 36.4 Å². The van der Waals surface area contributed by atoms with Crippen LogP contribution in [0.2, 0.25) is 10.0 Å². The van der Waals surface area contributed by atoms with E-state index in [4.69, 9.17) is 52.7 Å². The van der Waals surface area contributed by atoms with Gasteiger partial charge in [0.05, 0.1) is 24.5 Å². The van der Waals surface area contributed by atoms with Gasteiger partial charge in [-0.3, -0.25) is 4.79 Å². The summed E-state index contributed by atoms with van der Waals surface area (Å²) in [6.07, 6.45) is 5.69. The maximum absolute atomic E-state index is 10.8. The summed E-state index contributed by atoms with van der Waals surface area (Å²) in [5.41, 5.74) is 1.28. The minimum Gasteiger partial charge on any atom is -0.491 e. The Labute approximate surface area is 198 Å². The average molecular weight is 496 g/mol. The molecule has 1 aromatic heterocycles. The lowest BCUT2D eigenvalue weighted by atomic mass is 10.1. The molecule has 1 saturated heterocycles. The highest BCUT2D eigenvalue weighted by Gasteiger charge is 2.45. The molecule has 2 aromatic carbocycles. The standard InChI is InChI=1S/C21H18Cl2N2O4.HNO3/c22-16-3-6-19(20(23)9-16)21(13-25-8-7-24-14-25)28-12-18(29-21)11-27-17-4-1-15(10-26)2-5-17;2-1(3)4/h1-10,14,18H,11-13H2;(H,2,3,4). The van der Waals surface area contributed by atoms with E-state index in [-0.39, 0.29) is 12.7 Å². The minimum absolute atomic E-state index is 0.289. The van der Waals surface area contributed by atoms with Gasteiger partial charge in [0, 0.05) is 28.5 Å².